The molecule has 0 saturated carbocycles. The van der Waals surface area contributed by atoms with Crippen molar-refractivity contribution in [3.63, 3.8) is 0 Å². The minimum absolute atomic E-state index is 0.0655. The van der Waals surface area contributed by atoms with Crippen LogP contribution in [-0.4, -0.2) is 44.9 Å². The number of nitrogens with one attached hydrogen (secondary N) is 1. The van der Waals surface area contributed by atoms with E-state index in [1.54, 1.807) is 44.2 Å². The van der Waals surface area contributed by atoms with Gasteiger partial charge < -0.3 is 24.7 Å². The number of hydrogen-bond acceptors (Lipinski definition) is 5. The van der Waals surface area contributed by atoms with Gasteiger partial charge in [0, 0.05) is 29.1 Å². The standard InChI is InChI=1S/C17H22F2N2O2.C17H19FO.C7H16.C5H12.C4H10.C3H8.C2H6.CH4O2S/c1-4-11-5-13-12(7-15(11)23-8-16(18)19)6-14(21-13)17(22)9(2)10(3)20;1-4-12(2)14-9-10-16(13(3)11-14)19-17-8-6-5-7-15(17)18;1-3-5-7-6-4-2;1-3-5-4-2;1-3-4-2;1-3-2;1-2;1-4(2)3/h5-7,9-10,16,21H,4,8,20H2,1-3H3;5-12H,4H2,1-3H3;3-7H2,1-2H3;3-5H2,1-2H3;3-4H2,1-2H3;3H2,1-2H3;1-2H3;1H3,(H,2,3). The molecule has 4 N–H and O–H groups in total. The second kappa shape index (κ2) is 46.1. The number of unbranched alkanes of at least 4 members (excludes halogenated alkanes) is 7. The number of aromatic amines is 1. The molecular weight excluding hydrogens is 870 g/mol. The quantitative estimate of drug-likeness (QED) is 0.0520. The molecular formula is C56H97F3N2O5S. The Hall–Kier alpha value is -3.67. The van der Waals surface area contributed by atoms with Crippen LogP contribution in [0.4, 0.5) is 13.2 Å². The van der Waals surface area contributed by atoms with Crippen molar-refractivity contribution in [2.45, 2.75) is 213 Å². The van der Waals surface area contributed by atoms with Crippen molar-refractivity contribution in [1.82, 2.24) is 4.98 Å². The number of para-hydroxylation sites is 1. The molecule has 0 bridgehead atoms. The van der Waals surface area contributed by atoms with Crippen LogP contribution >= 0.6 is 0 Å². The molecule has 0 fully saturated rings. The van der Waals surface area contributed by atoms with Crippen LogP contribution in [0.2, 0.25) is 0 Å². The first-order valence-electron chi connectivity index (χ1n) is 25.3. The number of aryl methyl sites for hydroxylation is 2. The molecule has 4 unspecified atom stereocenters. The third kappa shape index (κ3) is 35.2. The third-order valence-electron chi connectivity index (χ3n) is 9.87. The van der Waals surface area contributed by atoms with Crippen molar-refractivity contribution < 1.29 is 36.2 Å². The molecule has 0 spiro atoms. The van der Waals surface area contributed by atoms with Gasteiger partial charge >= 0.3 is 0 Å². The number of ether oxygens (including phenoxy) is 2. The molecule has 67 heavy (non-hydrogen) atoms. The maximum atomic E-state index is 13.5. The number of alkyl halides is 2. The largest absolute Gasteiger partial charge is 0.487 e. The lowest BCUT2D eigenvalue weighted by molar-refractivity contribution is 0.0815. The zero-order valence-electron chi connectivity index (χ0n) is 45.2. The fraction of sp³-hybridized carbons (Fsp3) is 0.625. The van der Waals surface area contributed by atoms with E-state index in [9.17, 15) is 18.0 Å². The monoisotopic (exact) mass is 967 g/mol. The minimum atomic E-state index is -2.52. The van der Waals surface area contributed by atoms with Crippen LogP contribution in [0.3, 0.4) is 0 Å². The van der Waals surface area contributed by atoms with Gasteiger partial charge in [0.1, 0.15) is 29.2 Å². The van der Waals surface area contributed by atoms with E-state index in [0.717, 1.165) is 28.5 Å². The molecule has 388 valence electrons. The number of Topliss-reactive ketones (excluding diaryl/α,β-unsaturated/α-hetero) is 1. The van der Waals surface area contributed by atoms with Gasteiger partial charge in [-0.25, -0.2) is 17.4 Å². The van der Waals surface area contributed by atoms with Gasteiger partial charge in [-0.05, 0) is 85.7 Å². The zero-order chi connectivity index (χ0) is 52.3. The van der Waals surface area contributed by atoms with Gasteiger partial charge in [0.25, 0.3) is 6.43 Å². The van der Waals surface area contributed by atoms with Gasteiger partial charge in [0.15, 0.2) is 17.3 Å². The average Bonchev–Trinajstić information content (AvgIpc) is 3.73. The molecule has 4 atom stereocenters. The van der Waals surface area contributed by atoms with Crippen molar-refractivity contribution in [1.29, 1.82) is 0 Å². The van der Waals surface area contributed by atoms with Crippen LogP contribution in [0.25, 0.3) is 10.9 Å². The highest BCUT2D eigenvalue weighted by molar-refractivity contribution is 7.78. The number of benzene rings is 3. The summed E-state index contributed by atoms with van der Waals surface area (Å²) >= 11 is -1.61. The van der Waals surface area contributed by atoms with E-state index in [2.05, 4.69) is 86.4 Å². The van der Waals surface area contributed by atoms with E-state index < -0.39 is 24.1 Å². The van der Waals surface area contributed by atoms with Crippen LogP contribution in [-0.2, 0) is 17.5 Å². The van der Waals surface area contributed by atoms with Crippen LogP contribution in [0.15, 0.2) is 60.7 Å². The molecule has 4 rings (SSSR count). The smallest absolute Gasteiger partial charge is 0.272 e. The van der Waals surface area contributed by atoms with Gasteiger partial charge in [-0.1, -0.05) is 192 Å². The molecule has 1 heterocycles. The van der Waals surface area contributed by atoms with Crippen molar-refractivity contribution >= 4 is 27.8 Å². The number of halogens is 3. The summed E-state index contributed by atoms with van der Waals surface area (Å²) in [5.41, 5.74) is 10.2. The van der Waals surface area contributed by atoms with Gasteiger partial charge in [-0.3, -0.25) is 4.79 Å². The van der Waals surface area contributed by atoms with E-state index in [-0.39, 0.29) is 29.3 Å². The SMILES string of the molecule is CC.CCC.CCC(C)c1ccc(Oc2ccccc2F)c(C)c1.CCCC.CCCCC.CCCCCCC.CCc1cc2[nH]c(C(=O)C(C)C(C)N)cc2cc1OCC(F)F.CS(=O)O. The normalized spacial score (nSPS) is 11.7. The molecule has 0 aliphatic carbocycles. The number of fused-ring (bicyclic) bond motifs is 1. The molecule has 4 aromatic rings. The van der Waals surface area contributed by atoms with Crippen LogP contribution in [0.1, 0.15) is 214 Å². The first-order valence-corrected chi connectivity index (χ1v) is 26.8. The molecule has 3 aromatic carbocycles. The molecule has 0 aliphatic rings. The molecule has 0 saturated heterocycles. The summed E-state index contributed by atoms with van der Waals surface area (Å²) in [7, 11) is 0. The first-order chi connectivity index (χ1) is 31.8. The van der Waals surface area contributed by atoms with E-state index in [1.807, 2.05) is 39.8 Å². The Kier molecular flexibility index (Phi) is 48.1. The predicted molar refractivity (Wildman–Crippen MR) is 287 cm³/mol. The Bertz CT molecular complexity index is 1770. The minimum Gasteiger partial charge on any atom is -0.487 e. The molecule has 0 radical (unpaired) electrons. The first kappa shape index (κ1) is 69.9. The lowest BCUT2D eigenvalue weighted by Crippen LogP contribution is -2.30. The highest BCUT2D eigenvalue weighted by Crippen LogP contribution is 2.31. The lowest BCUT2D eigenvalue weighted by atomic mass is 9.97. The van der Waals surface area contributed by atoms with Gasteiger partial charge in [0.05, 0.1) is 5.69 Å². The van der Waals surface area contributed by atoms with Gasteiger partial charge in [-0.15, -0.1) is 0 Å². The van der Waals surface area contributed by atoms with Crippen molar-refractivity contribution in [2.24, 2.45) is 11.7 Å². The second-order valence-electron chi connectivity index (χ2n) is 16.2. The topological polar surface area (TPSA) is 115 Å². The zero-order valence-corrected chi connectivity index (χ0v) is 46.0. The number of nitrogens with two attached hydrogens (primary N) is 1. The van der Waals surface area contributed by atoms with Gasteiger partial charge in [0.2, 0.25) is 0 Å². The second-order valence-corrected chi connectivity index (χ2v) is 17.1. The number of rotatable bonds is 18. The molecule has 0 amide bonds. The fourth-order valence-electron chi connectivity index (χ4n) is 5.39. The van der Waals surface area contributed by atoms with E-state index in [1.165, 1.54) is 88.5 Å². The summed E-state index contributed by atoms with van der Waals surface area (Å²) in [5, 5.41) is 0.756. The van der Waals surface area contributed by atoms with E-state index in [4.69, 9.17) is 24.0 Å². The van der Waals surface area contributed by atoms with Crippen LogP contribution in [0, 0.1) is 18.7 Å². The Morgan fingerprint density at radius 1 is 0.746 bits per heavy atom. The van der Waals surface area contributed by atoms with Crippen LogP contribution < -0.4 is 15.2 Å². The Labute approximate surface area is 410 Å². The highest BCUT2D eigenvalue weighted by atomic mass is 32.2. The number of carbonyl (C=O) groups excluding carboxylic acids is 1. The van der Waals surface area contributed by atoms with E-state index in [0.29, 0.717) is 29.5 Å². The summed E-state index contributed by atoms with van der Waals surface area (Å²) in [4.78, 5) is 15.5. The van der Waals surface area contributed by atoms with Crippen molar-refractivity contribution in [3.05, 3.63) is 88.9 Å². The van der Waals surface area contributed by atoms with E-state index >= 15 is 0 Å². The van der Waals surface area contributed by atoms with Crippen molar-refractivity contribution in [2.75, 3.05) is 12.9 Å². The van der Waals surface area contributed by atoms with Gasteiger partial charge in [-0.2, -0.15) is 0 Å². The highest BCUT2D eigenvalue weighted by Gasteiger charge is 2.21. The average molecular weight is 967 g/mol. The molecule has 1 aromatic heterocycles. The Morgan fingerprint density at radius 2 is 1.27 bits per heavy atom. The molecule has 11 heteroatoms. The maximum absolute atomic E-state index is 13.5. The fourth-order valence-corrected chi connectivity index (χ4v) is 5.39. The summed E-state index contributed by atoms with van der Waals surface area (Å²) in [5.74, 6) is 1.22. The summed E-state index contributed by atoms with van der Waals surface area (Å²) < 4.78 is 65.7. The third-order valence-corrected chi connectivity index (χ3v) is 9.87. The van der Waals surface area contributed by atoms with Crippen molar-refractivity contribution in [3.8, 4) is 17.2 Å². The number of carbonyl (C=O) groups is 1. The lowest BCUT2D eigenvalue weighted by Gasteiger charge is -2.13. The number of hydrogen-bond donors (Lipinski definition) is 3. The predicted octanol–water partition coefficient (Wildman–Crippen LogP) is 18.2. The Morgan fingerprint density at radius 3 is 1.67 bits per heavy atom. The summed E-state index contributed by atoms with van der Waals surface area (Å²) in [6.45, 7) is 32.7. The Balaban J connectivity index is -0.000000400. The molecule has 0 aliphatic heterocycles. The molecule has 7 nitrogen and oxygen atoms in total. The summed E-state index contributed by atoms with van der Waals surface area (Å²) in [6.07, 6.45) is 15.4. The number of ketones is 1. The number of aromatic nitrogens is 1. The number of H-pyrrole nitrogens is 1. The van der Waals surface area contributed by atoms with Crippen LogP contribution in [0.5, 0.6) is 17.2 Å². The maximum Gasteiger partial charge on any atom is 0.272 e. The summed E-state index contributed by atoms with van der Waals surface area (Å²) in [6, 6.07) is 17.5.